The third-order valence-electron chi connectivity index (χ3n) is 2.07. The number of oxime groups is 1. The summed E-state index contributed by atoms with van der Waals surface area (Å²) >= 11 is 0. The lowest BCUT2D eigenvalue weighted by atomic mass is 10.0. The van der Waals surface area contributed by atoms with Gasteiger partial charge in [0.15, 0.2) is 5.84 Å². The highest BCUT2D eigenvalue weighted by molar-refractivity contribution is 5.97. The lowest BCUT2D eigenvalue weighted by Gasteiger charge is -2.13. The summed E-state index contributed by atoms with van der Waals surface area (Å²) in [6, 6.07) is 0.934. The van der Waals surface area contributed by atoms with Gasteiger partial charge in [0, 0.05) is 5.56 Å². The molecule has 1 aromatic carbocycles. The van der Waals surface area contributed by atoms with E-state index in [1.54, 1.807) is 0 Å². The predicted molar refractivity (Wildman–Crippen MR) is 54.2 cm³/mol. The third kappa shape index (κ3) is 3.76. The Labute approximate surface area is 103 Å². The van der Waals surface area contributed by atoms with Crippen molar-refractivity contribution in [3.63, 3.8) is 0 Å². The molecule has 0 unspecified atom stereocenters. The molecule has 0 atom stereocenters. The highest BCUT2D eigenvalue weighted by Gasteiger charge is 2.37. The molecule has 0 aromatic heterocycles. The first-order chi connectivity index (χ1) is 8.55. The van der Waals surface area contributed by atoms with Gasteiger partial charge in [-0.05, 0) is 18.2 Å². The summed E-state index contributed by atoms with van der Waals surface area (Å²) in [6.45, 7) is 0. The van der Waals surface area contributed by atoms with Crippen molar-refractivity contribution in [1.29, 1.82) is 0 Å². The molecule has 3 nitrogen and oxygen atoms in total. The smallest absolute Gasteiger partial charge is 0.397 e. The Kier molecular flexibility index (Phi) is 3.97. The first-order valence-corrected chi connectivity index (χ1v) is 4.72. The summed E-state index contributed by atoms with van der Waals surface area (Å²) in [4.78, 5) is 4.21. The second-order valence-electron chi connectivity index (χ2n) is 3.45. The number of alkyl halides is 6. The van der Waals surface area contributed by atoms with E-state index in [1.165, 1.54) is 0 Å². The van der Waals surface area contributed by atoms with Crippen LogP contribution >= 0.6 is 0 Å². The Morgan fingerprint density at radius 2 is 1.42 bits per heavy atom. The summed E-state index contributed by atoms with van der Waals surface area (Å²) in [6.07, 6.45) is -9.85. The van der Waals surface area contributed by atoms with Crippen LogP contribution in [0.15, 0.2) is 23.4 Å². The average molecular weight is 286 g/mol. The van der Waals surface area contributed by atoms with Crippen molar-refractivity contribution in [2.75, 3.05) is 7.11 Å². The number of hydrogen-bond donors (Lipinski definition) is 1. The molecular weight excluding hydrogens is 278 g/mol. The molecule has 0 saturated heterocycles. The van der Waals surface area contributed by atoms with Gasteiger partial charge >= 0.3 is 12.4 Å². The maximum absolute atomic E-state index is 12.5. The van der Waals surface area contributed by atoms with Crippen molar-refractivity contribution in [1.82, 2.24) is 0 Å². The standard InChI is InChI=1S/C10H8F6N2O/c1-19-18-8(17)5-2-6(9(11,12)13)4-7(3-5)10(14,15)16/h2-4H,1H3,(H2,17,18). The number of nitrogens with two attached hydrogens (primary N) is 1. The molecule has 0 spiro atoms. The Morgan fingerprint density at radius 3 is 1.74 bits per heavy atom. The molecule has 1 rings (SSSR count). The van der Waals surface area contributed by atoms with Crippen molar-refractivity contribution in [2.45, 2.75) is 12.4 Å². The zero-order valence-electron chi connectivity index (χ0n) is 9.43. The van der Waals surface area contributed by atoms with E-state index in [-0.39, 0.29) is 6.07 Å². The van der Waals surface area contributed by atoms with Crippen LogP contribution in [0.4, 0.5) is 26.3 Å². The topological polar surface area (TPSA) is 47.6 Å². The molecular formula is C10H8F6N2O. The van der Waals surface area contributed by atoms with Crippen LogP contribution in [0.25, 0.3) is 0 Å². The lowest BCUT2D eigenvalue weighted by Crippen LogP contribution is -2.18. The molecule has 2 N–H and O–H groups in total. The number of rotatable bonds is 2. The fourth-order valence-electron chi connectivity index (χ4n) is 1.25. The maximum Gasteiger partial charge on any atom is 0.416 e. The molecule has 0 heterocycles. The Bertz CT molecular complexity index is 460. The molecule has 106 valence electrons. The molecule has 0 radical (unpaired) electrons. The van der Waals surface area contributed by atoms with Crippen LogP contribution < -0.4 is 5.73 Å². The molecule has 9 heteroatoms. The highest BCUT2D eigenvalue weighted by atomic mass is 19.4. The quantitative estimate of drug-likeness (QED) is 0.393. The van der Waals surface area contributed by atoms with Gasteiger partial charge in [0.25, 0.3) is 0 Å². The summed E-state index contributed by atoms with van der Waals surface area (Å²) in [5, 5.41) is 3.10. The Morgan fingerprint density at radius 1 is 1.00 bits per heavy atom. The molecule has 0 fully saturated rings. The Balaban J connectivity index is 3.46. The fourth-order valence-corrected chi connectivity index (χ4v) is 1.25. The van der Waals surface area contributed by atoms with E-state index >= 15 is 0 Å². The van der Waals surface area contributed by atoms with Crippen molar-refractivity contribution in [2.24, 2.45) is 10.9 Å². The first kappa shape index (κ1) is 15.1. The van der Waals surface area contributed by atoms with Crippen molar-refractivity contribution in [3.05, 3.63) is 34.9 Å². The van der Waals surface area contributed by atoms with Crippen LogP contribution in [-0.2, 0) is 17.2 Å². The summed E-state index contributed by atoms with van der Waals surface area (Å²) in [5.74, 6) is -0.584. The summed E-state index contributed by atoms with van der Waals surface area (Å²) in [7, 11) is 1.06. The Hall–Kier alpha value is -1.93. The molecule has 0 aliphatic rings. The van der Waals surface area contributed by atoms with Gasteiger partial charge in [0.2, 0.25) is 0 Å². The monoisotopic (exact) mass is 286 g/mol. The van der Waals surface area contributed by atoms with Crippen LogP contribution in [-0.4, -0.2) is 12.9 Å². The molecule has 0 bridgehead atoms. The van der Waals surface area contributed by atoms with E-state index in [2.05, 4.69) is 9.99 Å². The van der Waals surface area contributed by atoms with Crippen molar-refractivity contribution in [3.8, 4) is 0 Å². The van der Waals surface area contributed by atoms with E-state index < -0.39 is 34.9 Å². The van der Waals surface area contributed by atoms with E-state index in [9.17, 15) is 26.3 Å². The average Bonchev–Trinajstić information content (AvgIpc) is 2.26. The normalized spacial score (nSPS) is 13.5. The predicted octanol–water partition coefficient (Wildman–Crippen LogP) is 2.99. The minimum Gasteiger partial charge on any atom is -0.397 e. The molecule has 0 aliphatic carbocycles. The molecule has 0 amide bonds. The SMILES string of the molecule is CON=C(N)c1cc(C(F)(F)F)cc(C(F)(F)F)c1. The number of amidine groups is 1. The van der Waals surface area contributed by atoms with E-state index in [4.69, 9.17) is 5.73 Å². The van der Waals surface area contributed by atoms with Crippen LogP contribution in [0.3, 0.4) is 0 Å². The van der Waals surface area contributed by atoms with Crippen LogP contribution in [0, 0.1) is 0 Å². The summed E-state index contributed by atoms with van der Waals surface area (Å²) < 4.78 is 75.0. The highest BCUT2D eigenvalue weighted by Crippen LogP contribution is 2.36. The first-order valence-electron chi connectivity index (χ1n) is 4.72. The van der Waals surface area contributed by atoms with Gasteiger partial charge in [-0.3, -0.25) is 0 Å². The zero-order chi connectivity index (χ0) is 14.8. The largest absolute Gasteiger partial charge is 0.416 e. The molecule has 0 saturated carbocycles. The van der Waals surface area contributed by atoms with Gasteiger partial charge in [0.1, 0.15) is 7.11 Å². The second-order valence-corrected chi connectivity index (χ2v) is 3.45. The minimum atomic E-state index is -4.93. The summed E-state index contributed by atoms with van der Waals surface area (Å²) in [5.41, 5.74) is 1.76. The van der Waals surface area contributed by atoms with E-state index in [1.807, 2.05) is 0 Å². The number of nitrogens with zero attached hydrogens (tertiary/aromatic N) is 1. The second kappa shape index (κ2) is 4.98. The lowest BCUT2D eigenvalue weighted by molar-refractivity contribution is -0.143. The third-order valence-corrected chi connectivity index (χ3v) is 2.07. The van der Waals surface area contributed by atoms with E-state index in [0.29, 0.717) is 12.1 Å². The molecule has 19 heavy (non-hydrogen) atoms. The number of hydrogen-bond acceptors (Lipinski definition) is 2. The van der Waals surface area contributed by atoms with Gasteiger partial charge in [-0.2, -0.15) is 26.3 Å². The van der Waals surface area contributed by atoms with Gasteiger partial charge in [0.05, 0.1) is 11.1 Å². The van der Waals surface area contributed by atoms with Gasteiger partial charge in [-0.25, -0.2) is 0 Å². The van der Waals surface area contributed by atoms with Crippen LogP contribution in [0.1, 0.15) is 16.7 Å². The molecule has 1 aromatic rings. The van der Waals surface area contributed by atoms with Crippen LogP contribution in [0.2, 0.25) is 0 Å². The van der Waals surface area contributed by atoms with E-state index in [0.717, 1.165) is 7.11 Å². The minimum absolute atomic E-state index is 0.00355. The van der Waals surface area contributed by atoms with Gasteiger partial charge in [-0.1, -0.05) is 5.16 Å². The van der Waals surface area contributed by atoms with Crippen molar-refractivity contribution >= 4 is 5.84 Å². The van der Waals surface area contributed by atoms with Crippen molar-refractivity contribution < 1.29 is 31.2 Å². The fraction of sp³-hybridized carbons (Fsp3) is 0.300. The van der Waals surface area contributed by atoms with Crippen LogP contribution in [0.5, 0.6) is 0 Å². The van der Waals surface area contributed by atoms with Gasteiger partial charge < -0.3 is 10.6 Å². The zero-order valence-corrected chi connectivity index (χ0v) is 9.43. The number of benzene rings is 1. The number of halogens is 6. The maximum atomic E-state index is 12.5. The van der Waals surface area contributed by atoms with Gasteiger partial charge in [-0.15, -0.1) is 0 Å². The molecule has 0 aliphatic heterocycles.